The molecule has 1 aliphatic heterocycles. The first-order valence-corrected chi connectivity index (χ1v) is 9.52. The Morgan fingerprint density at radius 3 is 2.62 bits per heavy atom. The molecule has 1 saturated heterocycles. The number of hydrogen-bond acceptors (Lipinski definition) is 4. The molecule has 1 aliphatic rings. The summed E-state index contributed by atoms with van der Waals surface area (Å²) in [5.41, 5.74) is 1.10. The Balaban J connectivity index is 0.000000401. The largest absolute Gasteiger partial charge is 0.314 e. The molecule has 0 spiro atoms. The maximum Gasteiger partial charge on any atom is 0.215 e. The molecule has 1 fully saturated rings. The smallest absolute Gasteiger partial charge is 0.215 e. The molecule has 0 aliphatic carbocycles. The minimum absolute atomic E-state index is 0.328. The first-order valence-electron chi connectivity index (χ1n) is 9.52. The Kier molecular flexibility index (Phi) is 10.7. The van der Waals surface area contributed by atoms with Gasteiger partial charge in [0, 0.05) is 38.6 Å². The van der Waals surface area contributed by atoms with Crippen LogP contribution in [-0.4, -0.2) is 49.4 Å². The summed E-state index contributed by atoms with van der Waals surface area (Å²) in [6, 6.07) is 5.54. The fraction of sp³-hybridized carbons (Fsp3) is 0.600. The van der Waals surface area contributed by atoms with E-state index in [9.17, 15) is 9.18 Å². The third-order valence-electron chi connectivity index (χ3n) is 4.23. The molecular weight excluding hydrogens is 331 g/mol. The summed E-state index contributed by atoms with van der Waals surface area (Å²) in [5, 5.41) is 6.59. The number of aryl methyl sites for hydroxylation is 1. The highest BCUT2D eigenvalue weighted by Gasteiger charge is 2.11. The number of carbonyl (C=O) groups excluding carboxylic acids is 1. The number of nitrogens with one attached hydrogen (secondary N) is 2. The standard InChI is InChI=1S/C15H21FN2O.C5H12N2/c1-4-6-10-14(18(5-2)11-19)17-15-12(3)8-7-9-13(15)16;1-5-4-6-2-3-7-5/h7-9,11H,4-6,10H2,1-3H3;5-7H,2-4H2,1H3. The summed E-state index contributed by atoms with van der Waals surface area (Å²) in [6.45, 7) is 11.9. The van der Waals surface area contributed by atoms with E-state index in [0.717, 1.165) is 44.4 Å². The zero-order chi connectivity index (χ0) is 19.4. The molecule has 1 amide bonds. The molecule has 0 aromatic heterocycles. The van der Waals surface area contributed by atoms with Crippen molar-refractivity contribution in [2.75, 3.05) is 26.2 Å². The molecule has 1 unspecified atom stereocenters. The van der Waals surface area contributed by atoms with Crippen LogP contribution >= 0.6 is 0 Å². The first kappa shape index (κ1) is 22.3. The van der Waals surface area contributed by atoms with Gasteiger partial charge in [-0.3, -0.25) is 4.79 Å². The van der Waals surface area contributed by atoms with Crippen LogP contribution in [0.25, 0.3) is 0 Å². The van der Waals surface area contributed by atoms with Crippen LogP contribution in [0.3, 0.4) is 0 Å². The van der Waals surface area contributed by atoms with Gasteiger partial charge in [-0.15, -0.1) is 0 Å². The third kappa shape index (κ3) is 7.62. The lowest BCUT2D eigenvalue weighted by Crippen LogP contribution is -2.46. The van der Waals surface area contributed by atoms with E-state index in [2.05, 4.69) is 29.5 Å². The molecule has 0 bridgehead atoms. The Morgan fingerprint density at radius 2 is 2.15 bits per heavy atom. The van der Waals surface area contributed by atoms with Crippen LogP contribution in [0.4, 0.5) is 10.1 Å². The lowest BCUT2D eigenvalue weighted by molar-refractivity contribution is -0.114. The van der Waals surface area contributed by atoms with Crippen LogP contribution in [0.5, 0.6) is 0 Å². The van der Waals surface area contributed by atoms with Crippen molar-refractivity contribution in [1.29, 1.82) is 0 Å². The molecule has 2 N–H and O–H groups in total. The Labute approximate surface area is 157 Å². The van der Waals surface area contributed by atoms with Crippen molar-refractivity contribution < 1.29 is 9.18 Å². The number of unbranched alkanes of at least 4 members (excludes halogenated alkanes) is 1. The number of rotatable bonds is 6. The van der Waals surface area contributed by atoms with Crippen molar-refractivity contribution >= 4 is 17.9 Å². The summed E-state index contributed by atoms with van der Waals surface area (Å²) in [4.78, 5) is 17.0. The number of aliphatic imine (C=N–C) groups is 1. The molecule has 1 atom stereocenters. The Hall–Kier alpha value is -1.79. The number of carbonyl (C=O) groups is 1. The number of benzene rings is 1. The molecule has 0 saturated carbocycles. The topological polar surface area (TPSA) is 56.7 Å². The zero-order valence-electron chi connectivity index (χ0n) is 16.5. The number of piperazine rings is 1. The van der Waals surface area contributed by atoms with E-state index >= 15 is 0 Å². The van der Waals surface area contributed by atoms with Gasteiger partial charge in [-0.2, -0.15) is 0 Å². The monoisotopic (exact) mass is 364 g/mol. The molecule has 5 nitrogen and oxygen atoms in total. The number of halogens is 1. The van der Waals surface area contributed by atoms with Crippen LogP contribution in [0.15, 0.2) is 23.2 Å². The van der Waals surface area contributed by atoms with Crippen molar-refractivity contribution in [3.05, 3.63) is 29.6 Å². The maximum absolute atomic E-state index is 13.8. The second kappa shape index (κ2) is 12.5. The molecule has 6 heteroatoms. The second-order valence-electron chi connectivity index (χ2n) is 6.49. The van der Waals surface area contributed by atoms with Crippen LogP contribution in [0.1, 0.15) is 45.6 Å². The molecule has 146 valence electrons. The highest BCUT2D eigenvalue weighted by atomic mass is 19.1. The summed E-state index contributed by atoms with van der Waals surface area (Å²) >= 11 is 0. The predicted octanol–water partition coefficient (Wildman–Crippen LogP) is 3.40. The van der Waals surface area contributed by atoms with Gasteiger partial charge in [0.05, 0.1) is 0 Å². The van der Waals surface area contributed by atoms with E-state index in [1.54, 1.807) is 6.07 Å². The van der Waals surface area contributed by atoms with Gasteiger partial charge < -0.3 is 15.5 Å². The number of nitrogens with zero attached hydrogens (tertiary/aromatic N) is 2. The quantitative estimate of drug-likeness (QED) is 0.462. The van der Waals surface area contributed by atoms with E-state index in [1.807, 2.05) is 19.9 Å². The van der Waals surface area contributed by atoms with E-state index in [-0.39, 0.29) is 5.82 Å². The molecule has 26 heavy (non-hydrogen) atoms. The predicted molar refractivity (Wildman–Crippen MR) is 107 cm³/mol. The fourth-order valence-electron chi connectivity index (χ4n) is 2.61. The second-order valence-corrected chi connectivity index (χ2v) is 6.49. The highest BCUT2D eigenvalue weighted by molar-refractivity contribution is 5.92. The van der Waals surface area contributed by atoms with Gasteiger partial charge >= 0.3 is 0 Å². The summed E-state index contributed by atoms with van der Waals surface area (Å²) in [7, 11) is 0. The molecule has 1 aromatic carbocycles. The van der Waals surface area contributed by atoms with Crippen molar-refractivity contribution in [2.24, 2.45) is 4.99 Å². The number of amides is 1. The van der Waals surface area contributed by atoms with Crippen LogP contribution in [0.2, 0.25) is 0 Å². The van der Waals surface area contributed by atoms with Crippen LogP contribution in [-0.2, 0) is 4.79 Å². The average molecular weight is 365 g/mol. The van der Waals surface area contributed by atoms with E-state index in [0.29, 0.717) is 30.5 Å². The van der Waals surface area contributed by atoms with Crippen molar-refractivity contribution in [2.45, 2.75) is 53.0 Å². The molecular formula is C20H33FN4O. The number of para-hydroxylation sites is 1. The van der Waals surface area contributed by atoms with Gasteiger partial charge in [0.1, 0.15) is 17.3 Å². The van der Waals surface area contributed by atoms with Gasteiger partial charge in [0.2, 0.25) is 6.41 Å². The van der Waals surface area contributed by atoms with Gasteiger partial charge in [0.25, 0.3) is 0 Å². The van der Waals surface area contributed by atoms with Crippen molar-refractivity contribution in [3.8, 4) is 0 Å². The summed E-state index contributed by atoms with van der Waals surface area (Å²) in [6.07, 6.45) is 3.36. The fourth-order valence-corrected chi connectivity index (χ4v) is 2.61. The SMILES string of the molecule is CC1CNCCN1.CCCCC(=Nc1c(C)cccc1F)N(C=O)CC. The summed E-state index contributed by atoms with van der Waals surface area (Å²) in [5.74, 6) is 0.281. The normalized spacial score (nSPS) is 17.3. The minimum Gasteiger partial charge on any atom is -0.314 e. The average Bonchev–Trinajstić information content (AvgIpc) is 2.64. The Morgan fingerprint density at radius 1 is 1.38 bits per heavy atom. The van der Waals surface area contributed by atoms with Crippen LogP contribution in [0, 0.1) is 12.7 Å². The molecule has 1 heterocycles. The van der Waals surface area contributed by atoms with Gasteiger partial charge in [-0.1, -0.05) is 25.5 Å². The molecule has 0 radical (unpaired) electrons. The van der Waals surface area contributed by atoms with Crippen molar-refractivity contribution in [1.82, 2.24) is 15.5 Å². The van der Waals surface area contributed by atoms with Crippen molar-refractivity contribution in [3.63, 3.8) is 0 Å². The Bertz CT molecular complexity index is 551. The van der Waals surface area contributed by atoms with E-state index in [4.69, 9.17) is 0 Å². The van der Waals surface area contributed by atoms with Gasteiger partial charge in [-0.25, -0.2) is 9.38 Å². The summed E-state index contributed by atoms with van der Waals surface area (Å²) < 4.78 is 13.8. The number of hydrogen-bond donors (Lipinski definition) is 2. The van der Waals surface area contributed by atoms with Crippen LogP contribution < -0.4 is 10.6 Å². The first-order chi connectivity index (χ1) is 12.5. The third-order valence-corrected chi connectivity index (χ3v) is 4.23. The van der Waals surface area contributed by atoms with E-state index < -0.39 is 0 Å². The minimum atomic E-state index is -0.351. The van der Waals surface area contributed by atoms with E-state index in [1.165, 1.54) is 11.0 Å². The molecule has 1 aromatic rings. The lowest BCUT2D eigenvalue weighted by Gasteiger charge is -2.19. The highest BCUT2D eigenvalue weighted by Crippen LogP contribution is 2.23. The molecule has 2 rings (SSSR count). The van der Waals surface area contributed by atoms with Gasteiger partial charge in [-0.05, 0) is 38.8 Å². The zero-order valence-corrected chi connectivity index (χ0v) is 16.5. The van der Waals surface area contributed by atoms with Gasteiger partial charge in [0.15, 0.2) is 0 Å². The number of amidine groups is 1. The lowest BCUT2D eigenvalue weighted by atomic mass is 10.2. The maximum atomic E-state index is 13.8.